The van der Waals surface area contributed by atoms with Gasteiger partial charge in [-0.25, -0.2) is 0 Å². The predicted octanol–water partition coefficient (Wildman–Crippen LogP) is 1.09. The van der Waals surface area contributed by atoms with E-state index in [4.69, 9.17) is 9.47 Å². The third-order valence-electron chi connectivity index (χ3n) is 4.77. The molecule has 0 amide bonds. The van der Waals surface area contributed by atoms with Crippen molar-refractivity contribution in [1.82, 2.24) is 4.90 Å². The van der Waals surface area contributed by atoms with E-state index in [9.17, 15) is 28.1 Å². The van der Waals surface area contributed by atoms with Crippen molar-refractivity contribution < 1.29 is 32.4 Å². The molecular formula is C13H19F3N2O5. The van der Waals surface area contributed by atoms with Gasteiger partial charge in [0.05, 0.1) is 25.7 Å². The summed E-state index contributed by atoms with van der Waals surface area (Å²) < 4.78 is 49.9. The fraction of sp³-hybridized carbons (Fsp3) is 0.923. The van der Waals surface area contributed by atoms with Crippen LogP contribution in [0.5, 0.6) is 0 Å². The number of halogens is 3. The first kappa shape index (κ1) is 17.9. The van der Waals surface area contributed by atoms with Gasteiger partial charge in [0.25, 0.3) is 0 Å². The highest BCUT2D eigenvalue weighted by molar-refractivity contribution is 5.77. The van der Waals surface area contributed by atoms with Gasteiger partial charge in [-0.3, -0.25) is 19.8 Å². The topological polar surface area (TPSA) is 81.9 Å². The normalized spacial score (nSPS) is 35.4. The number of alkyl halides is 3. The number of hydrogen-bond acceptors (Lipinski definition) is 6. The van der Waals surface area contributed by atoms with Gasteiger partial charge in [0.1, 0.15) is 11.5 Å². The van der Waals surface area contributed by atoms with Crippen LogP contribution in [-0.2, 0) is 14.3 Å². The number of carbonyl (C=O) groups excluding carboxylic acids is 1. The molecule has 4 atom stereocenters. The third kappa shape index (κ3) is 2.89. The number of nitro groups is 1. The van der Waals surface area contributed by atoms with Crippen LogP contribution in [0.2, 0.25) is 0 Å². The molecule has 132 valence electrons. The van der Waals surface area contributed by atoms with Gasteiger partial charge in [-0.1, -0.05) is 0 Å². The van der Waals surface area contributed by atoms with E-state index in [2.05, 4.69) is 0 Å². The molecule has 0 unspecified atom stereocenters. The Morgan fingerprint density at radius 2 is 2.00 bits per heavy atom. The molecule has 10 heteroatoms. The molecule has 0 aromatic rings. The standard InChI is InChI=1S/C13H19F3N2O5/c1-3-23-11(19)9-8(13(14,15)16)10(18(20)21)12(9,2)17-4-6-22-7-5-17/h8-10H,3-7H2,1-2H3/t8-,9+,10+,12+/m0/s1. The molecule has 1 saturated carbocycles. The Hall–Kier alpha value is -1.42. The van der Waals surface area contributed by atoms with E-state index in [-0.39, 0.29) is 32.9 Å². The second kappa shape index (κ2) is 6.23. The lowest BCUT2D eigenvalue weighted by molar-refractivity contribution is -0.588. The molecule has 0 N–H and O–H groups in total. The SMILES string of the molecule is CCOC(=O)[C@H]1[C@H](C(F)(F)F)[C@@H]([N+](=O)[O-])[C@]1(C)N1CCOCC1. The molecule has 7 nitrogen and oxygen atoms in total. The molecule has 1 heterocycles. The smallest absolute Gasteiger partial charge is 0.399 e. The van der Waals surface area contributed by atoms with Crippen LogP contribution in [0.3, 0.4) is 0 Å². The molecule has 2 aliphatic rings. The Labute approximate surface area is 130 Å². The Morgan fingerprint density at radius 3 is 2.43 bits per heavy atom. The maximum Gasteiger partial charge on any atom is 0.399 e. The molecule has 0 spiro atoms. The summed E-state index contributed by atoms with van der Waals surface area (Å²) in [5.41, 5.74) is -1.54. The largest absolute Gasteiger partial charge is 0.466 e. The molecule has 2 fully saturated rings. The zero-order valence-electron chi connectivity index (χ0n) is 12.8. The van der Waals surface area contributed by atoms with E-state index in [1.165, 1.54) is 13.8 Å². The fourth-order valence-electron chi connectivity index (χ4n) is 3.73. The quantitative estimate of drug-likeness (QED) is 0.433. The molecule has 0 aromatic carbocycles. The first-order valence-corrected chi connectivity index (χ1v) is 7.35. The Bertz CT molecular complexity index is 481. The summed E-state index contributed by atoms with van der Waals surface area (Å²) >= 11 is 0. The molecule has 1 saturated heterocycles. The molecule has 1 aliphatic heterocycles. The van der Waals surface area contributed by atoms with E-state index in [1.54, 1.807) is 4.90 Å². The number of nitrogens with zero attached hydrogens (tertiary/aromatic N) is 2. The summed E-state index contributed by atoms with van der Waals surface area (Å²) in [7, 11) is 0. The van der Waals surface area contributed by atoms with Gasteiger partial charge in [-0.2, -0.15) is 13.2 Å². The van der Waals surface area contributed by atoms with Crippen LogP contribution >= 0.6 is 0 Å². The fourth-order valence-corrected chi connectivity index (χ4v) is 3.73. The minimum absolute atomic E-state index is 0.0811. The highest BCUT2D eigenvalue weighted by atomic mass is 19.4. The van der Waals surface area contributed by atoms with Gasteiger partial charge in [-0.15, -0.1) is 0 Å². The summed E-state index contributed by atoms with van der Waals surface area (Å²) in [4.78, 5) is 24.0. The van der Waals surface area contributed by atoms with Crippen molar-refractivity contribution in [3.63, 3.8) is 0 Å². The second-order valence-corrected chi connectivity index (χ2v) is 5.85. The van der Waals surface area contributed by atoms with Crippen molar-refractivity contribution in [2.24, 2.45) is 11.8 Å². The lowest BCUT2D eigenvalue weighted by Crippen LogP contribution is -2.80. The average molecular weight is 340 g/mol. The van der Waals surface area contributed by atoms with Gasteiger partial charge >= 0.3 is 12.1 Å². The average Bonchev–Trinajstić information content (AvgIpc) is 2.44. The maximum absolute atomic E-state index is 13.3. The van der Waals surface area contributed by atoms with E-state index >= 15 is 0 Å². The van der Waals surface area contributed by atoms with Gasteiger partial charge in [0, 0.05) is 18.0 Å². The monoisotopic (exact) mass is 340 g/mol. The molecule has 0 radical (unpaired) electrons. The maximum atomic E-state index is 13.3. The number of ether oxygens (including phenoxy) is 2. The lowest BCUT2D eigenvalue weighted by Gasteiger charge is -2.58. The zero-order valence-corrected chi connectivity index (χ0v) is 12.8. The van der Waals surface area contributed by atoms with Crippen LogP contribution in [0, 0.1) is 22.0 Å². The zero-order chi connectivity index (χ0) is 17.4. The summed E-state index contributed by atoms with van der Waals surface area (Å²) in [6.45, 7) is 3.73. The summed E-state index contributed by atoms with van der Waals surface area (Å²) in [6.07, 6.45) is -4.85. The van der Waals surface area contributed by atoms with Gasteiger partial charge in [0.2, 0.25) is 6.04 Å². The highest BCUT2D eigenvalue weighted by Crippen LogP contribution is 2.56. The Morgan fingerprint density at radius 1 is 1.43 bits per heavy atom. The van der Waals surface area contributed by atoms with E-state index < -0.39 is 40.5 Å². The van der Waals surface area contributed by atoms with Crippen molar-refractivity contribution in [3.8, 4) is 0 Å². The van der Waals surface area contributed by atoms with E-state index in [0.717, 1.165) is 0 Å². The van der Waals surface area contributed by atoms with Crippen LogP contribution in [0.1, 0.15) is 13.8 Å². The van der Waals surface area contributed by atoms with E-state index in [1.807, 2.05) is 0 Å². The summed E-state index contributed by atoms with van der Waals surface area (Å²) in [6, 6.07) is -1.91. The minimum Gasteiger partial charge on any atom is -0.466 e. The molecular weight excluding hydrogens is 321 g/mol. The Balaban J connectivity index is 2.41. The summed E-state index contributed by atoms with van der Waals surface area (Å²) in [5.74, 6) is -5.00. The van der Waals surface area contributed by atoms with Crippen molar-refractivity contribution in [3.05, 3.63) is 10.1 Å². The van der Waals surface area contributed by atoms with Crippen LogP contribution in [0.4, 0.5) is 13.2 Å². The molecule has 2 rings (SSSR count). The van der Waals surface area contributed by atoms with Crippen LogP contribution in [0.25, 0.3) is 0 Å². The van der Waals surface area contributed by atoms with Crippen LogP contribution in [0.15, 0.2) is 0 Å². The molecule has 0 aromatic heterocycles. The van der Waals surface area contributed by atoms with Gasteiger partial charge in [0.15, 0.2) is 0 Å². The molecule has 1 aliphatic carbocycles. The highest BCUT2D eigenvalue weighted by Gasteiger charge is 2.79. The summed E-state index contributed by atoms with van der Waals surface area (Å²) in [5, 5.41) is 11.3. The molecule has 0 bridgehead atoms. The van der Waals surface area contributed by atoms with Crippen LogP contribution in [-0.4, -0.2) is 66.5 Å². The number of morpholine rings is 1. The lowest BCUT2D eigenvalue weighted by atomic mass is 9.54. The number of carbonyl (C=O) groups is 1. The van der Waals surface area contributed by atoms with Gasteiger partial charge < -0.3 is 9.47 Å². The first-order valence-electron chi connectivity index (χ1n) is 7.35. The number of esters is 1. The second-order valence-electron chi connectivity index (χ2n) is 5.85. The predicted molar refractivity (Wildman–Crippen MR) is 71.2 cm³/mol. The van der Waals surface area contributed by atoms with Crippen LogP contribution < -0.4 is 0 Å². The minimum atomic E-state index is -4.85. The van der Waals surface area contributed by atoms with E-state index in [0.29, 0.717) is 0 Å². The molecule has 23 heavy (non-hydrogen) atoms. The van der Waals surface area contributed by atoms with Gasteiger partial charge in [-0.05, 0) is 13.8 Å². The van der Waals surface area contributed by atoms with Crippen molar-refractivity contribution in [1.29, 1.82) is 0 Å². The van der Waals surface area contributed by atoms with Crippen molar-refractivity contribution in [2.75, 3.05) is 32.9 Å². The number of rotatable bonds is 4. The number of hydrogen-bond donors (Lipinski definition) is 0. The third-order valence-corrected chi connectivity index (χ3v) is 4.77. The van der Waals surface area contributed by atoms with Crippen molar-refractivity contribution >= 4 is 5.97 Å². The Kier molecular flexibility index (Phi) is 4.86. The van der Waals surface area contributed by atoms with Crippen molar-refractivity contribution in [2.45, 2.75) is 31.6 Å². The first-order chi connectivity index (χ1) is 10.7.